The second-order valence-electron chi connectivity index (χ2n) is 6.30. The molecule has 1 saturated heterocycles. The maximum absolute atomic E-state index is 12.5. The molecule has 0 aliphatic carbocycles. The molecular formula is C15H20F3N5O2S. The number of hydrogen-bond acceptors (Lipinski definition) is 6. The first-order valence-corrected chi connectivity index (χ1v) is 8.90. The summed E-state index contributed by atoms with van der Waals surface area (Å²) in [7, 11) is 0. The van der Waals surface area contributed by atoms with Crippen molar-refractivity contribution >= 4 is 28.3 Å². The molecule has 0 saturated carbocycles. The summed E-state index contributed by atoms with van der Waals surface area (Å²) in [5.74, 6) is -0.495. The Kier molecular flexibility index (Phi) is 6.70. The number of anilines is 1. The van der Waals surface area contributed by atoms with Crippen LogP contribution in [0.1, 0.15) is 31.7 Å². The highest BCUT2D eigenvalue weighted by atomic mass is 32.1. The number of nitrogens with one attached hydrogen (secondary N) is 3. The van der Waals surface area contributed by atoms with E-state index in [0.717, 1.165) is 13.0 Å². The van der Waals surface area contributed by atoms with Crippen LogP contribution >= 0.6 is 11.3 Å². The van der Waals surface area contributed by atoms with Crippen LogP contribution in [0.4, 0.5) is 18.3 Å². The fraction of sp³-hybridized carbons (Fsp3) is 0.600. The molecule has 11 heteroatoms. The number of carbonyl (C=O) groups is 2. The molecule has 1 aliphatic heterocycles. The Morgan fingerprint density at radius 1 is 1.38 bits per heavy atom. The molecule has 0 aromatic carbocycles. The zero-order valence-corrected chi connectivity index (χ0v) is 15.1. The van der Waals surface area contributed by atoms with Gasteiger partial charge in [-0.25, -0.2) is 0 Å². The number of nitrogens with zero attached hydrogens (tertiary/aromatic N) is 2. The Bertz CT molecular complexity index is 670. The molecular weight excluding hydrogens is 371 g/mol. The number of alkyl halides is 3. The molecule has 0 radical (unpaired) electrons. The van der Waals surface area contributed by atoms with Crippen LogP contribution in [0.5, 0.6) is 0 Å². The van der Waals surface area contributed by atoms with E-state index in [1.54, 1.807) is 0 Å². The number of carbonyl (C=O) groups excluding carboxylic acids is 2. The third kappa shape index (κ3) is 6.06. The molecule has 3 N–H and O–H groups in total. The smallest absolute Gasteiger partial charge is 0.349 e. The van der Waals surface area contributed by atoms with E-state index < -0.39 is 17.1 Å². The van der Waals surface area contributed by atoms with Gasteiger partial charge in [0.05, 0.1) is 6.04 Å². The molecule has 0 spiro atoms. The van der Waals surface area contributed by atoms with Gasteiger partial charge in [0.15, 0.2) is 0 Å². The van der Waals surface area contributed by atoms with Crippen LogP contribution in [0.2, 0.25) is 0 Å². The van der Waals surface area contributed by atoms with Gasteiger partial charge in [0.2, 0.25) is 22.0 Å². The Morgan fingerprint density at radius 2 is 2.08 bits per heavy atom. The predicted octanol–water partition coefficient (Wildman–Crippen LogP) is 1.94. The van der Waals surface area contributed by atoms with Crippen molar-refractivity contribution in [1.29, 1.82) is 0 Å². The van der Waals surface area contributed by atoms with Gasteiger partial charge in [-0.05, 0) is 25.3 Å². The van der Waals surface area contributed by atoms with E-state index in [9.17, 15) is 22.8 Å². The summed E-state index contributed by atoms with van der Waals surface area (Å²) in [4.78, 5) is 23.9. The van der Waals surface area contributed by atoms with Gasteiger partial charge in [-0.3, -0.25) is 14.9 Å². The first-order chi connectivity index (χ1) is 12.1. The molecule has 2 heterocycles. The molecule has 7 nitrogen and oxygen atoms in total. The summed E-state index contributed by atoms with van der Waals surface area (Å²) >= 11 is 0.247. The standard InChI is InChI=1S/C15H20F3N5O2S/c1-8(2)7-9(20-12(25)10-5-6-19-10)3-4-11(24)21-14-23-22-13(26-14)15(16,17)18/h3-4,8-10,19H,5-7H2,1-2H3,(H,20,25)(H,21,23,24)/t9-,10+/m1/s1. The second-order valence-corrected chi connectivity index (χ2v) is 7.28. The third-order valence-corrected chi connectivity index (χ3v) is 4.45. The molecule has 26 heavy (non-hydrogen) atoms. The Hall–Kier alpha value is -2.01. The van der Waals surface area contributed by atoms with Crippen LogP contribution in [0, 0.1) is 5.92 Å². The second kappa shape index (κ2) is 8.58. The molecule has 0 unspecified atom stereocenters. The number of hydrogen-bond donors (Lipinski definition) is 3. The normalized spacial score (nSPS) is 18.6. The lowest BCUT2D eigenvalue weighted by Gasteiger charge is -2.28. The Morgan fingerprint density at radius 3 is 2.58 bits per heavy atom. The van der Waals surface area contributed by atoms with Gasteiger partial charge in [-0.1, -0.05) is 31.3 Å². The summed E-state index contributed by atoms with van der Waals surface area (Å²) in [6.07, 6.45) is -0.505. The first kappa shape index (κ1) is 20.3. The van der Waals surface area contributed by atoms with Crippen molar-refractivity contribution in [3.8, 4) is 0 Å². The minimum absolute atomic E-state index is 0.133. The van der Waals surface area contributed by atoms with E-state index in [1.165, 1.54) is 12.2 Å². The van der Waals surface area contributed by atoms with Crippen molar-refractivity contribution in [1.82, 2.24) is 20.8 Å². The fourth-order valence-corrected chi connectivity index (χ4v) is 2.84. The average Bonchev–Trinajstić information content (AvgIpc) is 2.90. The van der Waals surface area contributed by atoms with Crippen LogP contribution in [0.3, 0.4) is 0 Å². The van der Waals surface area contributed by atoms with E-state index in [0.29, 0.717) is 6.42 Å². The summed E-state index contributed by atoms with van der Waals surface area (Å²) in [6, 6.07) is -0.565. The van der Waals surface area contributed by atoms with Gasteiger partial charge >= 0.3 is 6.18 Å². The number of amides is 2. The molecule has 2 atom stereocenters. The molecule has 1 aromatic heterocycles. The van der Waals surface area contributed by atoms with Crippen molar-refractivity contribution in [3.63, 3.8) is 0 Å². The van der Waals surface area contributed by atoms with Gasteiger partial charge in [-0.2, -0.15) is 13.2 Å². The highest BCUT2D eigenvalue weighted by Crippen LogP contribution is 2.32. The molecule has 1 fully saturated rings. The SMILES string of the molecule is CC(C)C[C@@H](C=CC(=O)Nc1nnc(C(F)(F)F)s1)NC(=O)[C@@H]1CCN1. The highest BCUT2D eigenvalue weighted by Gasteiger charge is 2.35. The largest absolute Gasteiger partial charge is 0.445 e. The van der Waals surface area contributed by atoms with Gasteiger partial charge < -0.3 is 10.6 Å². The molecule has 2 amide bonds. The van der Waals surface area contributed by atoms with Gasteiger partial charge in [0.25, 0.3) is 0 Å². The van der Waals surface area contributed by atoms with Crippen LogP contribution < -0.4 is 16.0 Å². The first-order valence-electron chi connectivity index (χ1n) is 8.09. The van der Waals surface area contributed by atoms with Crippen molar-refractivity contribution in [2.45, 2.75) is 44.9 Å². The van der Waals surface area contributed by atoms with E-state index in [1.807, 2.05) is 13.8 Å². The number of halogens is 3. The molecule has 1 aromatic rings. The monoisotopic (exact) mass is 391 g/mol. The zero-order valence-electron chi connectivity index (χ0n) is 14.3. The lowest BCUT2D eigenvalue weighted by atomic mass is 10.0. The predicted molar refractivity (Wildman–Crippen MR) is 90.5 cm³/mol. The van der Waals surface area contributed by atoms with Crippen LogP contribution in [0.25, 0.3) is 0 Å². The quantitative estimate of drug-likeness (QED) is 0.618. The van der Waals surface area contributed by atoms with E-state index in [-0.39, 0.29) is 40.4 Å². The average molecular weight is 391 g/mol. The van der Waals surface area contributed by atoms with Crippen molar-refractivity contribution < 1.29 is 22.8 Å². The van der Waals surface area contributed by atoms with Gasteiger partial charge in [-0.15, -0.1) is 10.2 Å². The minimum Gasteiger partial charge on any atom is -0.349 e. The number of aromatic nitrogens is 2. The highest BCUT2D eigenvalue weighted by molar-refractivity contribution is 7.15. The Labute approximate surface area is 152 Å². The molecule has 2 rings (SSSR count). The van der Waals surface area contributed by atoms with E-state index >= 15 is 0 Å². The summed E-state index contributed by atoms with van der Waals surface area (Å²) < 4.78 is 37.4. The third-order valence-electron chi connectivity index (χ3n) is 3.57. The lowest BCUT2D eigenvalue weighted by Crippen LogP contribution is -2.55. The zero-order chi connectivity index (χ0) is 19.3. The minimum atomic E-state index is -4.60. The number of rotatable bonds is 7. The summed E-state index contributed by atoms with van der Waals surface area (Å²) in [6.45, 7) is 4.76. The fourth-order valence-electron chi connectivity index (χ4n) is 2.23. The van der Waals surface area contributed by atoms with Crippen LogP contribution in [-0.4, -0.2) is 40.6 Å². The van der Waals surface area contributed by atoms with Crippen molar-refractivity contribution in [3.05, 3.63) is 17.2 Å². The molecule has 0 bridgehead atoms. The van der Waals surface area contributed by atoms with Gasteiger partial charge in [0.1, 0.15) is 0 Å². The topological polar surface area (TPSA) is 96.0 Å². The van der Waals surface area contributed by atoms with E-state index in [2.05, 4.69) is 26.1 Å². The molecule has 1 aliphatic rings. The van der Waals surface area contributed by atoms with Crippen molar-refractivity contribution in [2.24, 2.45) is 5.92 Å². The maximum Gasteiger partial charge on any atom is 0.445 e. The Balaban J connectivity index is 1.93. The maximum atomic E-state index is 12.5. The summed E-state index contributed by atoms with van der Waals surface area (Å²) in [5, 5.41) is 13.0. The van der Waals surface area contributed by atoms with Crippen LogP contribution in [-0.2, 0) is 15.8 Å². The van der Waals surface area contributed by atoms with Gasteiger partial charge in [0, 0.05) is 12.1 Å². The van der Waals surface area contributed by atoms with Crippen LogP contribution in [0.15, 0.2) is 12.2 Å². The van der Waals surface area contributed by atoms with E-state index in [4.69, 9.17) is 0 Å². The summed E-state index contributed by atoms with van der Waals surface area (Å²) in [5.41, 5.74) is 0. The lowest BCUT2D eigenvalue weighted by molar-refractivity contribution is -0.138. The molecule has 144 valence electrons. The van der Waals surface area contributed by atoms with Crippen molar-refractivity contribution in [2.75, 3.05) is 11.9 Å².